The molecule has 0 aliphatic heterocycles. The van der Waals surface area contributed by atoms with Crippen molar-refractivity contribution in [3.8, 4) is 11.5 Å². The number of rotatable bonds is 6. The Morgan fingerprint density at radius 1 is 1.19 bits per heavy atom. The van der Waals surface area contributed by atoms with Crippen LogP contribution in [-0.2, 0) is 11.2 Å². The van der Waals surface area contributed by atoms with Crippen LogP contribution in [0.5, 0.6) is 11.5 Å². The Balaban J connectivity index is 2.04. The van der Waals surface area contributed by atoms with Gasteiger partial charge in [0.05, 0.1) is 20.5 Å². The Labute approximate surface area is 124 Å². The van der Waals surface area contributed by atoms with Gasteiger partial charge in [0.2, 0.25) is 5.91 Å². The molecule has 0 atom stereocenters. The highest BCUT2D eigenvalue weighted by Gasteiger charge is 2.14. The minimum atomic E-state index is 0.0126. The molecule has 1 amide bonds. The molecule has 2 rings (SSSR count). The van der Waals surface area contributed by atoms with Crippen molar-refractivity contribution in [2.75, 3.05) is 26.2 Å². The monoisotopic (exact) mass is 289 g/mol. The highest BCUT2D eigenvalue weighted by Crippen LogP contribution is 2.31. The van der Waals surface area contributed by atoms with Crippen LogP contribution in [0.4, 0.5) is 5.69 Å². The fourth-order valence-corrected chi connectivity index (χ4v) is 2.03. The number of ether oxygens (including phenoxy) is 2. The second kappa shape index (κ2) is 6.83. The van der Waals surface area contributed by atoms with E-state index in [2.05, 4.69) is 0 Å². The number of carbonyl (C=O) groups excluding carboxylic acids is 1. The Bertz CT molecular complexity index is 592. The third kappa shape index (κ3) is 3.56. The van der Waals surface area contributed by atoms with E-state index in [-0.39, 0.29) is 5.91 Å². The summed E-state index contributed by atoms with van der Waals surface area (Å²) in [5, 5.41) is 0. The Hall–Kier alpha value is -2.43. The van der Waals surface area contributed by atoms with Crippen molar-refractivity contribution in [3.05, 3.63) is 42.4 Å². The molecular weight excluding hydrogens is 270 g/mol. The number of furan rings is 1. The predicted molar refractivity (Wildman–Crippen MR) is 80.0 cm³/mol. The summed E-state index contributed by atoms with van der Waals surface area (Å²) in [5.41, 5.74) is 0.761. The van der Waals surface area contributed by atoms with Crippen LogP contribution in [0, 0.1) is 0 Å². The Kier molecular flexibility index (Phi) is 4.87. The first-order valence-electron chi connectivity index (χ1n) is 6.66. The van der Waals surface area contributed by atoms with Gasteiger partial charge in [-0.1, -0.05) is 0 Å². The van der Waals surface area contributed by atoms with Gasteiger partial charge in [0, 0.05) is 31.6 Å². The number of aryl methyl sites for hydroxylation is 1. The van der Waals surface area contributed by atoms with Gasteiger partial charge in [-0.15, -0.1) is 0 Å². The molecule has 1 heterocycles. The number of benzene rings is 1. The summed E-state index contributed by atoms with van der Waals surface area (Å²) in [6.45, 7) is 0. The number of hydrogen-bond donors (Lipinski definition) is 0. The third-order valence-corrected chi connectivity index (χ3v) is 3.29. The zero-order chi connectivity index (χ0) is 15.2. The lowest BCUT2D eigenvalue weighted by atomic mass is 10.2. The molecule has 0 spiro atoms. The smallest absolute Gasteiger partial charge is 0.227 e. The standard InChI is InChI=1S/C16H19NO4/c1-17(16(18)9-7-13-5-4-10-21-13)12-6-8-14(19-2)15(11-12)20-3/h4-6,8,10-11H,7,9H2,1-3H3. The van der Waals surface area contributed by atoms with E-state index in [4.69, 9.17) is 13.9 Å². The van der Waals surface area contributed by atoms with Crippen molar-refractivity contribution in [2.45, 2.75) is 12.8 Å². The van der Waals surface area contributed by atoms with E-state index in [0.29, 0.717) is 24.3 Å². The number of carbonyl (C=O) groups is 1. The molecule has 1 aromatic carbocycles. The van der Waals surface area contributed by atoms with E-state index in [9.17, 15) is 4.79 Å². The van der Waals surface area contributed by atoms with Gasteiger partial charge in [-0.05, 0) is 24.3 Å². The van der Waals surface area contributed by atoms with Crippen molar-refractivity contribution in [1.29, 1.82) is 0 Å². The second-order valence-corrected chi connectivity index (χ2v) is 4.57. The molecule has 1 aromatic heterocycles. The number of methoxy groups -OCH3 is 2. The van der Waals surface area contributed by atoms with E-state index in [1.807, 2.05) is 18.2 Å². The van der Waals surface area contributed by atoms with Crippen LogP contribution in [-0.4, -0.2) is 27.2 Å². The lowest BCUT2D eigenvalue weighted by molar-refractivity contribution is -0.118. The van der Waals surface area contributed by atoms with Crippen LogP contribution >= 0.6 is 0 Å². The van der Waals surface area contributed by atoms with Gasteiger partial charge < -0.3 is 18.8 Å². The Morgan fingerprint density at radius 3 is 2.57 bits per heavy atom. The molecule has 21 heavy (non-hydrogen) atoms. The first-order valence-corrected chi connectivity index (χ1v) is 6.66. The summed E-state index contributed by atoms with van der Waals surface area (Å²) in [7, 11) is 4.89. The van der Waals surface area contributed by atoms with Gasteiger partial charge in [0.1, 0.15) is 5.76 Å². The van der Waals surface area contributed by atoms with Gasteiger partial charge in [-0.2, -0.15) is 0 Å². The maximum Gasteiger partial charge on any atom is 0.227 e. The largest absolute Gasteiger partial charge is 0.493 e. The molecule has 0 aliphatic carbocycles. The van der Waals surface area contributed by atoms with Crippen LogP contribution in [0.2, 0.25) is 0 Å². The topological polar surface area (TPSA) is 51.9 Å². The number of amides is 1. The van der Waals surface area contributed by atoms with Gasteiger partial charge in [-0.25, -0.2) is 0 Å². The number of nitrogens with zero attached hydrogens (tertiary/aromatic N) is 1. The first-order chi connectivity index (χ1) is 10.2. The van der Waals surface area contributed by atoms with Crippen LogP contribution in [0.25, 0.3) is 0 Å². The van der Waals surface area contributed by atoms with Crippen LogP contribution in [0.1, 0.15) is 12.2 Å². The molecule has 0 bridgehead atoms. The van der Waals surface area contributed by atoms with Gasteiger partial charge in [0.15, 0.2) is 11.5 Å². The molecular formula is C16H19NO4. The molecule has 0 aliphatic rings. The molecule has 112 valence electrons. The minimum absolute atomic E-state index is 0.0126. The quantitative estimate of drug-likeness (QED) is 0.820. The normalized spacial score (nSPS) is 10.2. The van der Waals surface area contributed by atoms with Gasteiger partial charge >= 0.3 is 0 Å². The minimum Gasteiger partial charge on any atom is -0.493 e. The molecule has 0 fully saturated rings. The van der Waals surface area contributed by atoms with Crippen LogP contribution in [0.3, 0.4) is 0 Å². The van der Waals surface area contributed by atoms with E-state index in [1.54, 1.807) is 44.6 Å². The highest BCUT2D eigenvalue weighted by molar-refractivity contribution is 5.93. The molecule has 5 heteroatoms. The summed E-state index contributed by atoms with van der Waals surface area (Å²) < 4.78 is 15.7. The average molecular weight is 289 g/mol. The Morgan fingerprint density at radius 2 is 1.95 bits per heavy atom. The van der Waals surface area contributed by atoms with Crippen molar-refractivity contribution in [2.24, 2.45) is 0 Å². The van der Waals surface area contributed by atoms with Crippen molar-refractivity contribution in [3.63, 3.8) is 0 Å². The van der Waals surface area contributed by atoms with Crippen LogP contribution in [0.15, 0.2) is 41.0 Å². The average Bonchev–Trinajstić information content (AvgIpc) is 3.04. The fourth-order valence-electron chi connectivity index (χ4n) is 2.03. The molecule has 0 saturated carbocycles. The van der Waals surface area contributed by atoms with E-state index >= 15 is 0 Å². The van der Waals surface area contributed by atoms with Gasteiger partial charge in [-0.3, -0.25) is 4.79 Å². The number of hydrogen-bond acceptors (Lipinski definition) is 4. The summed E-state index contributed by atoms with van der Waals surface area (Å²) >= 11 is 0. The molecule has 2 aromatic rings. The third-order valence-electron chi connectivity index (χ3n) is 3.29. The summed E-state index contributed by atoms with van der Waals surface area (Å²) in [6.07, 6.45) is 2.58. The first kappa shape index (κ1) is 15.0. The van der Waals surface area contributed by atoms with E-state index in [0.717, 1.165) is 11.4 Å². The van der Waals surface area contributed by atoms with Crippen molar-refractivity contribution >= 4 is 11.6 Å². The number of anilines is 1. The lowest BCUT2D eigenvalue weighted by Crippen LogP contribution is -2.26. The van der Waals surface area contributed by atoms with Crippen molar-refractivity contribution < 1.29 is 18.7 Å². The van der Waals surface area contributed by atoms with Gasteiger partial charge in [0.25, 0.3) is 0 Å². The molecule has 0 radical (unpaired) electrons. The van der Waals surface area contributed by atoms with E-state index in [1.165, 1.54) is 0 Å². The second-order valence-electron chi connectivity index (χ2n) is 4.57. The lowest BCUT2D eigenvalue weighted by Gasteiger charge is -2.18. The maximum atomic E-state index is 12.2. The zero-order valence-corrected chi connectivity index (χ0v) is 12.5. The molecule has 0 saturated heterocycles. The van der Waals surface area contributed by atoms with Crippen molar-refractivity contribution in [1.82, 2.24) is 0 Å². The fraction of sp³-hybridized carbons (Fsp3) is 0.312. The van der Waals surface area contributed by atoms with Crippen LogP contribution < -0.4 is 14.4 Å². The summed E-state index contributed by atoms with van der Waals surface area (Å²) in [6, 6.07) is 9.07. The SMILES string of the molecule is COc1ccc(N(C)C(=O)CCc2ccco2)cc1OC. The molecule has 0 N–H and O–H groups in total. The predicted octanol–water partition coefficient (Wildman–Crippen LogP) is 2.89. The molecule has 0 unspecified atom stereocenters. The maximum absolute atomic E-state index is 12.2. The highest BCUT2D eigenvalue weighted by atomic mass is 16.5. The zero-order valence-electron chi connectivity index (χ0n) is 12.5. The van der Waals surface area contributed by atoms with E-state index < -0.39 is 0 Å². The summed E-state index contributed by atoms with van der Waals surface area (Å²) in [5.74, 6) is 2.06. The molecule has 5 nitrogen and oxygen atoms in total. The summed E-state index contributed by atoms with van der Waals surface area (Å²) in [4.78, 5) is 13.8.